The number of rotatable bonds is 3. The molecule has 0 spiro atoms. The van der Waals surface area contributed by atoms with Gasteiger partial charge in [0, 0.05) is 21.9 Å². The van der Waals surface area contributed by atoms with E-state index in [0.29, 0.717) is 0 Å². The lowest BCUT2D eigenvalue weighted by molar-refractivity contribution is 0.670. The SMILES string of the molecule is [2H]c1c([2H])c([2H])c(-c2c3c([2H])c([2H])c([2H])c([2H])c3c(-c3c([2H])c([2H])c([2H])c4c3oc3c([2H])c([2H])c([2H])c(-c5c([2H])c([2H])c([2H])c6c([2H])c([2H])c([2H])c([2H])c56)c34)c3c([2H])c([2H])c([2H])c([2H])c23)c([2H])c1[2H]. The highest BCUT2D eigenvalue weighted by Gasteiger charge is 2.21. The number of furan rings is 1. The average molecular weight is 573 g/mol. The van der Waals surface area contributed by atoms with E-state index in [9.17, 15) is 11.0 Å². The number of para-hydroxylation sites is 1. The van der Waals surface area contributed by atoms with E-state index in [2.05, 4.69) is 0 Å². The van der Waals surface area contributed by atoms with Gasteiger partial charge >= 0.3 is 0 Å². The number of hydrogen-bond acceptors (Lipinski definition) is 1. The zero-order valence-corrected chi connectivity index (χ0v) is 21.4. The monoisotopic (exact) mass is 572 g/mol. The molecule has 0 fully saturated rings. The molecule has 0 N–H and O–H groups in total. The summed E-state index contributed by atoms with van der Waals surface area (Å²) in [7, 11) is 0. The van der Waals surface area contributed by atoms with E-state index in [0.717, 1.165) is 0 Å². The molecule has 0 radical (unpaired) electrons. The maximum atomic E-state index is 9.47. The van der Waals surface area contributed by atoms with Crippen molar-refractivity contribution >= 4 is 54.3 Å². The molecule has 9 rings (SSSR count). The Morgan fingerprint density at radius 2 is 0.884 bits per heavy atom. The summed E-state index contributed by atoms with van der Waals surface area (Å²) in [5.41, 5.74) is -5.54. The van der Waals surface area contributed by atoms with Crippen LogP contribution in [0.1, 0.15) is 35.6 Å². The first-order valence-electron chi connectivity index (χ1n) is 25.7. The first-order valence-corrected chi connectivity index (χ1v) is 12.7. The van der Waals surface area contributed by atoms with E-state index >= 15 is 0 Å². The number of benzene rings is 8. The van der Waals surface area contributed by atoms with Crippen LogP contribution in [0.25, 0.3) is 87.6 Å². The van der Waals surface area contributed by atoms with Gasteiger partial charge in [-0.15, -0.1) is 0 Å². The highest BCUT2D eigenvalue weighted by atomic mass is 16.3. The van der Waals surface area contributed by atoms with E-state index in [1.807, 2.05) is 0 Å². The fraction of sp³-hybridized carbons (Fsp3) is 0. The molecule has 8 aromatic carbocycles. The van der Waals surface area contributed by atoms with Gasteiger partial charge in [0.2, 0.25) is 0 Å². The van der Waals surface area contributed by atoms with Gasteiger partial charge < -0.3 is 4.42 Å². The number of hydrogen-bond donors (Lipinski definition) is 0. The number of fused-ring (bicyclic) bond motifs is 6. The molecule has 0 saturated carbocycles. The Balaban J connectivity index is 1.65. The van der Waals surface area contributed by atoms with Gasteiger partial charge in [0.15, 0.2) is 0 Å². The summed E-state index contributed by atoms with van der Waals surface area (Å²) in [5, 5.41) is -5.05. The van der Waals surface area contributed by atoms with Gasteiger partial charge in [0.1, 0.15) is 11.2 Å². The van der Waals surface area contributed by atoms with E-state index < -0.39 is 245 Å². The van der Waals surface area contributed by atoms with Crippen molar-refractivity contribution in [1.29, 1.82) is 0 Å². The smallest absolute Gasteiger partial charge is 0.143 e. The highest BCUT2D eigenvalue weighted by molar-refractivity contribution is 6.25. The van der Waals surface area contributed by atoms with Gasteiger partial charge in [-0.25, -0.2) is 0 Å². The van der Waals surface area contributed by atoms with Crippen LogP contribution in [-0.2, 0) is 0 Å². The minimum Gasteiger partial charge on any atom is -0.455 e. The van der Waals surface area contributed by atoms with Crippen LogP contribution < -0.4 is 0 Å². The zero-order chi connectivity index (χ0) is 51.0. The van der Waals surface area contributed by atoms with E-state index in [-0.39, 0.29) is 0 Å². The second kappa shape index (κ2) is 9.44. The summed E-state index contributed by atoms with van der Waals surface area (Å²) in [6, 6.07) is -23.8. The summed E-state index contributed by atoms with van der Waals surface area (Å²) >= 11 is 0. The molecule has 0 aliphatic carbocycles. The van der Waals surface area contributed by atoms with Crippen LogP contribution in [0.3, 0.4) is 0 Å². The minimum absolute atomic E-state index is 0.553. The van der Waals surface area contributed by atoms with E-state index in [1.165, 1.54) is 0 Å². The predicted molar refractivity (Wildman–Crippen MR) is 183 cm³/mol. The summed E-state index contributed by atoms with van der Waals surface area (Å²) in [5.74, 6) is 0. The first-order chi connectivity index (χ1) is 32.2. The summed E-state index contributed by atoms with van der Waals surface area (Å²) < 4.78 is 238. The van der Waals surface area contributed by atoms with Crippen molar-refractivity contribution in [2.45, 2.75) is 0 Å². The quantitative estimate of drug-likeness (QED) is 0.192. The van der Waals surface area contributed by atoms with Gasteiger partial charge in [-0.1, -0.05) is 151 Å². The maximum Gasteiger partial charge on any atom is 0.143 e. The van der Waals surface area contributed by atoms with Crippen molar-refractivity contribution in [1.82, 2.24) is 0 Å². The molecule has 1 heteroatoms. The van der Waals surface area contributed by atoms with Crippen LogP contribution in [0.5, 0.6) is 0 Å². The van der Waals surface area contributed by atoms with Crippen LogP contribution in [0.2, 0.25) is 0 Å². The Morgan fingerprint density at radius 3 is 1.63 bits per heavy atom. The Bertz CT molecular complexity index is 3850. The largest absolute Gasteiger partial charge is 0.455 e. The second-order valence-electron chi connectivity index (χ2n) is 9.26. The van der Waals surface area contributed by atoms with Gasteiger partial charge in [-0.3, -0.25) is 0 Å². The molecule has 0 amide bonds. The molecule has 0 saturated heterocycles. The highest BCUT2D eigenvalue weighted by Crippen LogP contribution is 2.47. The van der Waals surface area contributed by atoms with Gasteiger partial charge in [-0.05, 0) is 60.6 Å². The van der Waals surface area contributed by atoms with E-state index in [1.54, 1.807) is 0 Å². The van der Waals surface area contributed by atoms with Crippen molar-refractivity contribution in [2.24, 2.45) is 0 Å². The van der Waals surface area contributed by atoms with Crippen molar-refractivity contribution in [2.75, 3.05) is 0 Å². The third-order valence-electron chi connectivity index (χ3n) is 7.06. The average Bonchev–Trinajstić information content (AvgIpc) is 3.71. The summed E-state index contributed by atoms with van der Waals surface area (Å²) in [6.45, 7) is 0. The Kier molecular flexibility index (Phi) is 2.13. The van der Waals surface area contributed by atoms with Crippen molar-refractivity contribution in [3.8, 4) is 33.4 Å². The molecule has 0 aliphatic heterocycles. The second-order valence-corrected chi connectivity index (χ2v) is 9.26. The minimum atomic E-state index is -1.00. The molecular weight excluding hydrogens is 520 g/mol. The van der Waals surface area contributed by atoms with E-state index in [4.69, 9.17) is 29.1 Å². The van der Waals surface area contributed by atoms with Gasteiger partial charge in [0.25, 0.3) is 0 Å². The van der Waals surface area contributed by atoms with Gasteiger partial charge in [0.05, 0.1) is 35.6 Å². The molecule has 0 unspecified atom stereocenters. The molecule has 43 heavy (non-hydrogen) atoms. The van der Waals surface area contributed by atoms with Crippen LogP contribution in [-0.4, -0.2) is 0 Å². The standard InChI is InChI=1S/C42H26O/c1-2-14-28(15-3-1)39-32-18-6-8-20-34(32)40(35-21-9-7-19-33(35)39)36-24-11-25-37-41-31(23-12-26-38(41)43-42(36)37)30-22-10-16-27-13-4-5-17-29(27)30/h1-26H/i1D,2D,3D,4D,5D,6D,7D,8D,9D,10D,11D,12D,13D,14D,15D,16D,17D,18D,19D,20D,21D,22D,23D,24D,25D,26D. The normalized spacial score (nSPS) is 20.2. The Hall–Kier alpha value is -5.66. The Labute approximate surface area is 285 Å². The molecule has 200 valence electrons. The van der Waals surface area contributed by atoms with Gasteiger partial charge in [-0.2, -0.15) is 0 Å². The predicted octanol–water partition coefficient (Wildman–Crippen LogP) is 12.0. The third-order valence-corrected chi connectivity index (χ3v) is 7.06. The molecule has 1 aromatic heterocycles. The molecule has 0 bridgehead atoms. The van der Waals surface area contributed by atoms with Crippen LogP contribution in [0, 0.1) is 0 Å². The molecule has 0 aliphatic rings. The zero-order valence-electron chi connectivity index (χ0n) is 47.4. The van der Waals surface area contributed by atoms with Crippen molar-refractivity contribution in [3.63, 3.8) is 0 Å². The third kappa shape index (κ3) is 3.58. The molecule has 0 atom stereocenters. The van der Waals surface area contributed by atoms with Crippen molar-refractivity contribution < 1.29 is 40.1 Å². The van der Waals surface area contributed by atoms with Crippen LogP contribution in [0.4, 0.5) is 0 Å². The lowest BCUT2D eigenvalue weighted by Gasteiger charge is -2.17. The maximum absolute atomic E-state index is 9.47. The molecular formula is C42H26O. The lowest BCUT2D eigenvalue weighted by Crippen LogP contribution is -1.91. The molecule has 1 nitrogen and oxygen atoms in total. The van der Waals surface area contributed by atoms with Crippen LogP contribution >= 0.6 is 0 Å². The Morgan fingerprint density at radius 1 is 0.372 bits per heavy atom. The fourth-order valence-corrected chi connectivity index (χ4v) is 5.34. The fourth-order valence-electron chi connectivity index (χ4n) is 5.34. The molecule has 1 heterocycles. The topological polar surface area (TPSA) is 13.1 Å². The summed E-state index contributed by atoms with van der Waals surface area (Å²) in [4.78, 5) is 0. The summed E-state index contributed by atoms with van der Waals surface area (Å²) in [6.07, 6.45) is 0. The van der Waals surface area contributed by atoms with Crippen molar-refractivity contribution in [3.05, 3.63) is 157 Å². The van der Waals surface area contributed by atoms with Crippen LogP contribution in [0.15, 0.2) is 162 Å². The first kappa shape index (κ1) is 9.69. The molecule has 9 aromatic rings. The lowest BCUT2D eigenvalue weighted by atomic mass is 9.85.